The summed E-state index contributed by atoms with van der Waals surface area (Å²) in [6.07, 6.45) is 5.49. The van der Waals surface area contributed by atoms with Crippen molar-refractivity contribution in [2.45, 2.75) is 44.2 Å². The molecule has 0 aliphatic heterocycles. The van der Waals surface area contributed by atoms with Gasteiger partial charge in [-0.05, 0) is 30.5 Å². The minimum Gasteiger partial charge on any atom is -0.394 e. The van der Waals surface area contributed by atoms with E-state index in [1.165, 1.54) is 12.5 Å². The van der Waals surface area contributed by atoms with Gasteiger partial charge in [-0.15, -0.1) is 0 Å². The summed E-state index contributed by atoms with van der Waals surface area (Å²) in [6.45, 7) is 0.706. The van der Waals surface area contributed by atoms with E-state index in [9.17, 15) is 9.50 Å². The molecule has 1 aliphatic rings. The summed E-state index contributed by atoms with van der Waals surface area (Å²) in [5.41, 5.74) is 0.671. The van der Waals surface area contributed by atoms with Crippen molar-refractivity contribution in [3.63, 3.8) is 0 Å². The lowest BCUT2D eigenvalue weighted by Crippen LogP contribution is -2.49. The molecule has 0 amide bonds. The molecule has 2 nitrogen and oxygen atoms in total. The Morgan fingerprint density at radius 3 is 2.61 bits per heavy atom. The number of rotatable bonds is 4. The predicted octanol–water partition coefficient (Wildman–Crippen LogP) is 3.26. The van der Waals surface area contributed by atoms with Gasteiger partial charge in [-0.3, -0.25) is 0 Å². The number of benzene rings is 1. The highest BCUT2D eigenvalue weighted by Crippen LogP contribution is 2.28. The molecule has 1 saturated carbocycles. The Labute approximate surface area is 112 Å². The summed E-state index contributed by atoms with van der Waals surface area (Å²) in [5, 5.41) is 13.1. The quantitative estimate of drug-likeness (QED) is 0.881. The van der Waals surface area contributed by atoms with Crippen LogP contribution in [-0.2, 0) is 6.54 Å². The monoisotopic (exact) mass is 271 g/mol. The standard InChI is InChI=1S/C14H19ClFNO/c15-12-5-4-11(8-13(12)16)9-17-14(10-18)6-2-1-3-7-14/h4-5,8,17-18H,1-3,6-7,9-10H2. The van der Waals surface area contributed by atoms with Crippen molar-refractivity contribution in [1.29, 1.82) is 0 Å². The lowest BCUT2D eigenvalue weighted by Gasteiger charge is -2.36. The van der Waals surface area contributed by atoms with Crippen molar-refractivity contribution in [2.75, 3.05) is 6.61 Å². The van der Waals surface area contributed by atoms with Crippen LogP contribution in [-0.4, -0.2) is 17.3 Å². The number of aliphatic hydroxyl groups is 1. The van der Waals surface area contributed by atoms with E-state index in [4.69, 9.17) is 11.6 Å². The summed E-state index contributed by atoms with van der Waals surface area (Å²) < 4.78 is 13.3. The molecule has 0 aromatic heterocycles. The third-order valence-corrected chi connectivity index (χ3v) is 4.07. The van der Waals surface area contributed by atoms with Crippen LogP contribution in [0.25, 0.3) is 0 Å². The van der Waals surface area contributed by atoms with Crippen LogP contribution >= 0.6 is 11.6 Å². The van der Waals surface area contributed by atoms with Crippen molar-refractivity contribution in [3.05, 3.63) is 34.6 Å². The Balaban J connectivity index is 1.98. The first-order valence-electron chi connectivity index (χ1n) is 6.45. The molecule has 1 aromatic carbocycles. The summed E-state index contributed by atoms with van der Waals surface area (Å²) in [6, 6.07) is 4.83. The van der Waals surface area contributed by atoms with Crippen molar-refractivity contribution in [1.82, 2.24) is 5.32 Å². The molecule has 2 N–H and O–H groups in total. The van der Waals surface area contributed by atoms with Gasteiger partial charge >= 0.3 is 0 Å². The molecule has 0 radical (unpaired) electrons. The van der Waals surface area contributed by atoms with Gasteiger partial charge in [0.05, 0.1) is 11.6 Å². The first-order valence-corrected chi connectivity index (χ1v) is 6.83. The van der Waals surface area contributed by atoms with Gasteiger partial charge in [0.25, 0.3) is 0 Å². The molecule has 0 atom stereocenters. The second-order valence-corrected chi connectivity index (χ2v) is 5.51. The van der Waals surface area contributed by atoms with Crippen molar-refractivity contribution < 1.29 is 9.50 Å². The number of hydrogen-bond donors (Lipinski definition) is 2. The van der Waals surface area contributed by atoms with Gasteiger partial charge in [0.1, 0.15) is 5.82 Å². The van der Waals surface area contributed by atoms with E-state index in [-0.39, 0.29) is 17.2 Å². The number of hydrogen-bond acceptors (Lipinski definition) is 2. The zero-order chi connectivity index (χ0) is 13.0. The van der Waals surface area contributed by atoms with Crippen LogP contribution in [0, 0.1) is 5.82 Å². The van der Waals surface area contributed by atoms with Gasteiger partial charge in [-0.2, -0.15) is 0 Å². The minimum atomic E-state index is -0.391. The van der Waals surface area contributed by atoms with Gasteiger partial charge in [0, 0.05) is 12.1 Å². The molecule has 1 aromatic rings. The van der Waals surface area contributed by atoms with E-state index in [2.05, 4.69) is 5.32 Å². The fraction of sp³-hybridized carbons (Fsp3) is 0.571. The lowest BCUT2D eigenvalue weighted by molar-refractivity contribution is 0.119. The Hall–Kier alpha value is -0.640. The zero-order valence-electron chi connectivity index (χ0n) is 10.4. The largest absolute Gasteiger partial charge is 0.394 e. The normalized spacial score (nSPS) is 18.8. The summed E-state index contributed by atoms with van der Waals surface area (Å²) in [4.78, 5) is 0. The highest BCUT2D eigenvalue weighted by atomic mass is 35.5. The smallest absolute Gasteiger partial charge is 0.142 e. The summed E-state index contributed by atoms with van der Waals surface area (Å²) >= 11 is 5.65. The Bertz CT molecular complexity index is 405. The van der Waals surface area contributed by atoms with E-state index in [1.54, 1.807) is 6.07 Å². The van der Waals surface area contributed by atoms with Crippen LogP contribution in [0.1, 0.15) is 37.7 Å². The second kappa shape index (κ2) is 6.00. The molecule has 100 valence electrons. The van der Waals surface area contributed by atoms with Crippen LogP contribution in [0.5, 0.6) is 0 Å². The lowest BCUT2D eigenvalue weighted by atomic mass is 9.82. The third-order valence-electron chi connectivity index (χ3n) is 3.76. The molecular weight excluding hydrogens is 253 g/mol. The molecule has 2 rings (SSSR count). The van der Waals surface area contributed by atoms with Gasteiger partial charge < -0.3 is 10.4 Å². The fourth-order valence-corrected chi connectivity index (χ4v) is 2.68. The van der Waals surface area contributed by atoms with E-state index in [0.717, 1.165) is 31.2 Å². The Morgan fingerprint density at radius 1 is 1.28 bits per heavy atom. The fourth-order valence-electron chi connectivity index (χ4n) is 2.56. The molecule has 18 heavy (non-hydrogen) atoms. The van der Waals surface area contributed by atoms with Crippen molar-refractivity contribution in [3.8, 4) is 0 Å². The average Bonchev–Trinajstić information content (AvgIpc) is 2.41. The molecule has 0 unspecified atom stereocenters. The number of halogens is 2. The van der Waals surface area contributed by atoms with E-state index in [0.29, 0.717) is 6.54 Å². The first-order chi connectivity index (χ1) is 8.65. The van der Waals surface area contributed by atoms with E-state index in [1.807, 2.05) is 6.07 Å². The molecule has 0 spiro atoms. The maximum absolute atomic E-state index is 13.3. The second-order valence-electron chi connectivity index (χ2n) is 5.10. The Kier molecular flexibility index (Phi) is 4.60. The van der Waals surface area contributed by atoms with Crippen LogP contribution in [0.4, 0.5) is 4.39 Å². The van der Waals surface area contributed by atoms with Gasteiger partial charge in [0.15, 0.2) is 0 Å². The molecule has 1 fully saturated rings. The molecule has 4 heteroatoms. The summed E-state index contributed by atoms with van der Waals surface area (Å²) in [7, 11) is 0. The maximum atomic E-state index is 13.3. The number of nitrogens with one attached hydrogen (secondary N) is 1. The van der Waals surface area contributed by atoms with Crippen molar-refractivity contribution in [2.24, 2.45) is 0 Å². The molecule has 1 aliphatic carbocycles. The van der Waals surface area contributed by atoms with E-state index < -0.39 is 5.82 Å². The molecule has 0 bridgehead atoms. The average molecular weight is 272 g/mol. The van der Waals surface area contributed by atoms with Crippen LogP contribution in [0.3, 0.4) is 0 Å². The van der Waals surface area contributed by atoms with Crippen molar-refractivity contribution >= 4 is 11.6 Å². The number of aliphatic hydroxyl groups excluding tert-OH is 1. The topological polar surface area (TPSA) is 32.3 Å². The highest BCUT2D eigenvalue weighted by Gasteiger charge is 2.30. The zero-order valence-corrected chi connectivity index (χ0v) is 11.1. The predicted molar refractivity (Wildman–Crippen MR) is 71.2 cm³/mol. The van der Waals surface area contributed by atoms with E-state index >= 15 is 0 Å². The Morgan fingerprint density at radius 2 is 2.00 bits per heavy atom. The third kappa shape index (κ3) is 3.22. The van der Waals surface area contributed by atoms with Gasteiger partial charge in [0.2, 0.25) is 0 Å². The maximum Gasteiger partial charge on any atom is 0.142 e. The van der Waals surface area contributed by atoms with Gasteiger partial charge in [-0.25, -0.2) is 4.39 Å². The molecule has 0 saturated heterocycles. The highest BCUT2D eigenvalue weighted by molar-refractivity contribution is 6.30. The minimum absolute atomic E-state index is 0.142. The van der Waals surface area contributed by atoms with Crippen LogP contribution in [0.15, 0.2) is 18.2 Å². The summed E-state index contributed by atoms with van der Waals surface area (Å²) in [5.74, 6) is -0.391. The molecular formula is C14H19ClFNO. The van der Waals surface area contributed by atoms with Gasteiger partial charge in [-0.1, -0.05) is 36.9 Å². The SMILES string of the molecule is OCC1(NCc2ccc(Cl)c(F)c2)CCCCC1. The molecule has 0 heterocycles. The van der Waals surface area contributed by atoms with Crippen LogP contribution < -0.4 is 5.32 Å². The van der Waals surface area contributed by atoms with Crippen LogP contribution in [0.2, 0.25) is 5.02 Å². The first kappa shape index (κ1) is 13.8.